The Morgan fingerprint density at radius 1 is 1.24 bits per heavy atom. The van der Waals surface area contributed by atoms with Gasteiger partial charge in [0.05, 0.1) is 18.6 Å². The Bertz CT molecular complexity index is 710. The lowest BCUT2D eigenvalue weighted by Gasteiger charge is -2.19. The predicted octanol–water partition coefficient (Wildman–Crippen LogP) is 0.397. The molecule has 0 amide bonds. The van der Waals surface area contributed by atoms with Gasteiger partial charge in [0, 0.05) is 0 Å². The maximum absolute atomic E-state index is 12.3. The minimum absolute atomic E-state index is 0.173. The number of nitrogens with zero attached hydrogens (tertiary/aromatic N) is 1. The molecule has 0 fully saturated rings. The molecule has 0 aliphatic carbocycles. The van der Waals surface area contributed by atoms with Crippen molar-refractivity contribution in [2.24, 2.45) is 5.14 Å². The Morgan fingerprint density at radius 2 is 1.76 bits per heavy atom. The van der Waals surface area contributed by atoms with Gasteiger partial charge in [0.2, 0.25) is 0 Å². The molecule has 0 bridgehead atoms. The lowest BCUT2D eigenvalue weighted by molar-refractivity contribution is 0.0543. The molecular formula is C11H16N2O6S2. The number of hydroxylamine groups is 1. The van der Waals surface area contributed by atoms with Gasteiger partial charge >= 0.3 is 10.3 Å². The lowest BCUT2D eigenvalue weighted by atomic mass is 10.3. The molecule has 118 valence electrons. The van der Waals surface area contributed by atoms with E-state index >= 15 is 0 Å². The van der Waals surface area contributed by atoms with Crippen molar-refractivity contribution in [3.8, 4) is 5.75 Å². The van der Waals surface area contributed by atoms with Crippen LogP contribution in [0.3, 0.4) is 0 Å². The van der Waals surface area contributed by atoms with E-state index in [4.69, 9.17) is 9.88 Å². The number of rotatable bonds is 7. The average molecular weight is 336 g/mol. The molecule has 0 aromatic heterocycles. The summed E-state index contributed by atoms with van der Waals surface area (Å²) < 4.78 is 56.2. The van der Waals surface area contributed by atoms with Crippen LogP contribution in [0.25, 0.3) is 0 Å². The Balaban J connectivity index is 3.21. The Labute approximate surface area is 124 Å². The summed E-state index contributed by atoms with van der Waals surface area (Å²) in [5.41, 5.74) is 0.371. The van der Waals surface area contributed by atoms with E-state index in [2.05, 4.69) is 10.9 Å². The summed E-state index contributed by atoms with van der Waals surface area (Å²) in [7, 11) is -7.28. The highest BCUT2D eigenvalue weighted by Crippen LogP contribution is 2.21. The zero-order valence-corrected chi connectivity index (χ0v) is 13.1. The Morgan fingerprint density at radius 3 is 2.14 bits per heavy atom. The second kappa shape index (κ2) is 6.54. The third-order valence-electron chi connectivity index (χ3n) is 2.21. The highest BCUT2D eigenvalue weighted by atomic mass is 32.2. The molecule has 1 aromatic carbocycles. The molecule has 0 aliphatic heterocycles. The molecule has 0 unspecified atom stereocenters. The van der Waals surface area contributed by atoms with Crippen molar-refractivity contribution < 1.29 is 25.9 Å². The van der Waals surface area contributed by atoms with Crippen LogP contribution in [0.1, 0.15) is 6.92 Å². The standard InChI is InChI=1S/C11H16N2O6S2/c1-9(2)8-13(19-21(12,16)17)20(14,15)11-6-4-10(18-3)5-7-11/h4-7H,1,8H2,2-3H3,(H2,12,16,17). The molecule has 0 saturated heterocycles. The molecule has 1 aromatic rings. The maximum Gasteiger partial charge on any atom is 0.350 e. The molecular weight excluding hydrogens is 320 g/mol. The number of hydrogen-bond acceptors (Lipinski definition) is 6. The summed E-state index contributed by atoms with van der Waals surface area (Å²) in [5, 5.41) is 4.73. The van der Waals surface area contributed by atoms with Gasteiger partial charge in [-0.15, -0.1) is 4.28 Å². The van der Waals surface area contributed by atoms with Crippen molar-refractivity contribution in [1.29, 1.82) is 0 Å². The lowest BCUT2D eigenvalue weighted by Crippen LogP contribution is -2.37. The summed E-state index contributed by atoms with van der Waals surface area (Å²) in [6.07, 6.45) is 0. The molecule has 0 heterocycles. The number of methoxy groups -OCH3 is 1. The third-order valence-corrected chi connectivity index (χ3v) is 4.30. The maximum atomic E-state index is 12.3. The summed E-state index contributed by atoms with van der Waals surface area (Å²) in [5.74, 6) is 0.452. The first-order valence-corrected chi connectivity index (χ1v) is 8.51. The van der Waals surface area contributed by atoms with Gasteiger partial charge in [-0.25, -0.2) is 13.6 Å². The van der Waals surface area contributed by atoms with Crippen LogP contribution in [0, 0.1) is 0 Å². The van der Waals surface area contributed by atoms with E-state index < -0.39 is 20.3 Å². The average Bonchev–Trinajstić information content (AvgIpc) is 2.36. The zero-order chi connectivity index (χ0) is 16.3. The molecule has 1 rings (SSSR count). The molecule has 10 heteroatoms. The summed E-state index contributed by atoms with van der Waals surface area (Å²) in [6, 6.07) is 5.35. The largest absolute Gasteiger partial charge is 0.497 e. The first kappa shape index (κ1) is 17.6. The van der Waals surface area contributed by atoms with Crippen LogP contribution in [0.5, 0.6) is 5.75 Å². The van der Waals surface area contributed by atoms with Crippen molar-refractivity contribution in [2.75, 3.05) is 13.7 Å². The van der Waals surface area contributed by atoms with Gasteiger partial charge in [-0.05, 0) is 31.2 Å². The van der Waals surface area contributed by atoms with Crippen molar-refractivity contribution in [2.45, 2.75) is 11.8 Å². The van der Waals surface area contributed by atoms with E-state index in [0.717, 1.165) is 0 Å². The molecule has 2 N–H and O–H groups in total. The highest BCUT2D eigenvalue weighted by Gasteiger charge is 2.29. The monoisotopic (exact) mass is 336 g/mol. The van der Waals surface area contributed by atoms with Crippen LogP contribution >= 0.6 is 0 Å². The SMILES string of the molecule is C=C(C)CN(OS(N)(=O)=O)S(=O)(=O)c1ccc(OC)cc1. The fourth-order valence-corrected chi connectivity index (χ4v) is 3.32. The topological polar surface area (TPSA) is 116 Å². The fraction of sp³-hybridized carbons (Fsp3) is 0.273. The quantitative estimate of drug-likeness (QED) is 0.569. The fourth-order valence-electron chi connectivity index (χ4n) is 1.35. The van der Waals surface area contributed by atoms with E-state index in [1.165, 1.54) is 38.3 Å². The highest BCUT2D eigenvalue weighted by molar-refractivity contribution is 7.90. The summed E-state index contributed by atoms with van der Waals surface area (Å²) in [4.78, 5) is -0.173. The van der Waals surface area contributed by atoms with Gasteiger partial charge < -0.3 is 4.74 Å². The van der Waals surface area contributed by atoms with Gasteiger partial charge in [0.15, 0.2) is 0 Å². The van der Waals surface area contributed by atoms with E-state index in [0.29, 0.717) is 11.3 Å². The normalized spacial score (nSPS) is 12.4. The van der Waals surface area contributed by atoms with E-state index in [1.807, 2.05) is 0 Å². The van der Waals surface area contributed by atoms with Gasteiger partial charge in [0.1, 0.15) is 5.75 Å². The van der Waals surface area contributed by atoms with Crippen molar-refractivity contribution in [3.63, 3.8) is 0 Å². The number of hydrogen-bond donors (Lipinski definition) is 1. The first-order chi connectivity index (χ1) is 9.56. The zero-order valence-electron chi connectivity index (χ0n) is 11.5. The van der Waals surface area contributed by atoms with Crippen molar-refractivity contribution >= 4 is 20.3 Å². The molecule has 0 radical (unpaired) electrons. The van der Waals surface area contributed by atoms with Crippen LogP contribution in [0.15, 0.2) is 41.3 Å². The second-order valence-electron chi connectivity index (χ2n) is 4.17. The van der Waals surface area contributed by atoms with Crippen LogP contribution < -0.4 is 9.88 Å². The Hall–Kier alpha value is -1.46. The van der Waals surface area contributed by atoms with Gasteiger partial charge in [-0.3, -0.25) is 0 Å². The van der Waals surface area contributed by atoms with E-state index in [-0.39, 0.29) is 15.9 Å². The van der Waals surface area contributed by atoms with E-state index in [1.54, 1.807) is 0 Å². The van der Waals surface area contributed by atoms with Crippen molar-refractivity contribution in [3.05, 3.63) is 36.4 Å². The smallest absolute Gasteiger partial charge is 0.350 e. The third kappa shape index (κ3) is 5.10. The molecule has 0 aliphatic rings. The number of nitrogens with two attached hydrogens (primary N) is 1. The van der Waals surface area contributed by atoms with Crippen LogP contribution in [-0.4, -0.2) is 35.0 Å². The molecule has 0 spiro atoms. The molecule has 0 saturated carbocycles. The predicted molar refractivity (Wildman–Crippen MR) is 75.9 cm³/mol. The number of ether oxygens (including phenoxy) is 1. The van der Waals surface area contributed by atoms with Crippen LogP contribution in [-0.2, 0) is 24.6 Å². The minimum Gasteiger partial charge on any atom is -0.497 e. The molecule has 0 atom stereocenters. The van der Waals surface area contributed by atoms with Gasteiger partial charge in [-0.1, -0.05) is 16.6 Å². The van der Waals surface area contributed by atoms with Crippen LogP contribution in [0.4, 0.5) is 0 Å². The summed E-state index contributed by atoms with van der Waals surface area (Å²) >= 11 is 0. The van der Waals surface area contributed by atoms with Crippen LogP contribution in [0.2, 0.25) is 0 Å². The number of sulfonamides is 1. The van der Waals surface area contributed by atoms with E-state index in [9.17, 15) is 16.8 Å². The summed E-state index contributed by atoms with van der Waals surface area (Å²) in [6.45, 7) is 4.68. The molecule has 8 nitrogen and oxygen atoms in total. The first-order valence-electron chi connectivity index (χ1n) is 5.60. The van der Waals surface area contributed by atoms with Gasteiger partial charge in [0.25, 0.3) is 10.0 Å². The molecule has 21 heavy (non-hydrogen) atoms. The second-order valence-corrected chi connectivity index (χ2v) is 7.13. The Kier molecular flexibility index (Phi) is 5.48. The van der Waals surface area contributed by atoms with Gasteiger partial charge in [-0.2, -0.15) is 8.42 Å². The van der Waals surface area contributed by atoms with Crippen molar-refractivity contribution in [1.82, 2.24) is 4.47 Å². The number of benzene rings is 1. The minimum atomic E-state index is -4.49.